The molecule has 0 radical (unpaired) electrons. The van der Waals surface area contributed by atoms with Gasteiger partial charge in [-0.05, 0) is 31.5 Å². The first-order valence-electron chi connectivity index (χ1n) is 7.74. The highest BCUT2D eigenvalue weighted by Crippen LogP contribution is 2.37. The molecule has 1 aromatic carbocycles. The van der Waals surface area contributed by atoms with E-state index in [2.05, 4.69) is 15.3 Å². The highest BCUT2D eigenvalue weighted by molar-refractivity contribution is 5.94. The number of ether oxygens (including phenoxy) is 2. The molecule has 0 fully saturated rings. The van der Waals surface area contributed by atoms with Crippen molar-refractivity contribution in [1.29, 1.82) is 0 Å². The molecule has 2 aromatic rings. The SMILES string of the molecule is CCOc1ccc(C2CC(=O)Nc3nc(C)[nH]c(=O)c32)cc1OC. The van der Waals surface area contributed by atoms with Crippen molar-refractivity contribution in [2.75, 3.05) is 19.0 Å². The molecular formula is C17H19N3O4. The van der Waals surface area contributed by atoms with Crippen LogP contribution in [0.5, 0.6) is 11.5 Å². The van der Waals surface area contributed by atoms with Crippen LogP contribution in [-0.2, 0) is 4.79 Å². The van der Waals surface area contributed by atoms with E-state index < -0.39 is 0 Å². The van der Waals surface area contributed by atoms with Crippen LogP contribution in [0.1, 0.15) is 36.2 Å². The van der Waals surface area contributed by atoms with Crippen LogP contribution >= 0.6 is 0 Å². The number of amides is 1. The lowest BCUT2D eigenvalue weighted by molar-refractivity contribution is -0.116. The minimum absolute atomic E-state index is 0.169. The Hall–Kier alpha value is -2.83. The number of aromatic amines is 1. The minimum Gasteiger partial charge on any atom is -0.493 e. The molecule has 7 nitrogen and oxygen atoms in total. The fraction of sp³-hybridized carbons (Fsp3) is 0.353. The Labute approximate surface area is 139 Å². The van der Waals surface area contributed by atoms with Gasteiger partial charge in [0.2, 0.25) is 5.91 Å². The Balaban J connectivity index is 2.11. The van der Waals surface area contributed by atoms with E-state index in [0.29, 0.717) is 35.3 Å². The molecular weight excluding hydrogens is 310 g/mol. The van der Waals surface area contributed by atoms with E-state index in [9.17, 15) is 9.59 Å². The van der Waals surface area contributed by atoms with E-state index in [-0.39, 0.29) is 23.8 Å². The first-order chi connectivity index (χ1) is 11.5. The molecule has 1 aliphatic heterocycles. The van der Waals surface area contributed by atoms with E-state index in [1.807, 2.05) is 13.0 Å². The maximum Gasteiger partial charge on any atom is 0.256 e. The molecule has 0 spiro atoms. The summed E-state index contributed by atoms with van der Waals surface area (Å²) in [6, 6.07) is 5.44. The van der Waals surface area contributed by atoms with Crippen molar-refractivity contribution in [3.05, 3.63) is 45.5 Å². The van der Waals surface area contributed by atoms with E-state index in [1.54, 1.807) is 26.2 Å². The Morgan fingerprint density at radius 3 is 2.79 bits per heavy atom. The Kier molecular flexibility index (Phi) is 4.24. The first kappa shape index (κ1) is 16.0. The van der Waals surface area contributed by atoms with Crippen molar-refractivity contribution in [2.45, 2.75) is 26.2 Å². The second-order valence-corrected chi connectivity index (χ2v) is 5.56. The van der Waals surface area contributed by atoms with Gasteiger partial charge in [-0.1, -0.05) is 6.07 Å². The number of methoxy groups -OCH3 is 1. The van der Waals surface area contributed by atoms with Crippen LogP contribution in [0.25, 0.3) is 0 Å². The average Bonchev–Trinajstić information content (AvgIpc) is 2.54. The zero-order valence-electron chi connectivity index (χ0n) is 13.8. The summed E-state index contributed by atoms with van der Waals surface area (Å²) in [5, 5.41) is 2.68. The second-order valence-electron chi connectivity index (χ2n) is 5.56. The Bertz CT molecular complexity index is 844. The topological polar surface area (TPSA) is 93.3 Å². The number of benzene rings is 1. The maximum absolute atomic E-state index is 12.4. The van der Waals surface area contributed by atoms with Crippen molar-refractivity contribution in [3.63, 3.8) is 0 Å². The smallest absolute Gasteiger partial charge is 0.256 e. The summed E-state index contributed by atoms with van der Waals surface area (Å²) in [5.41, 5.74) is 1.03. The molecule has 0 saturated carbocycles. The number of rotatable bonds is 4. The molecule has 1 aromatic heterocycles. The van der Waals surface area contributed by atoms with Crippen LogP contribution in [0, 0.1) is 6.92 Å². The molecule has 0 bridgehead atoms. The monoisotopic (exact) mass is 329 g/mol. The van der Waals surface area contributed by atoms with Crippen molar-refractivity contribution in [3.8, 4) is 11.5 Å². The number of aromatic nitrogens is 2. The molecule has 2 heterocycles. The normalized spacial score (nSPS) is 16.3. The van der Waals surface area contributed by atoms with Crippen LogP contribution in [0.15, 0.2) is 23.0 Å². The van der Waals surface area contributed by atoms with Crippen molar-refractivity contribution < 1.29 is 14.3 Å². The molecule has 1 amide bonds. The zero-order valence-corrected chi connectivity index (χ0v) is 13.8. The molecule has 3 rings (SSSR count). The van der Waals surface area contributed by atoms with Crippen LogP contribution in [-0.4, -0.2) is 29.6 Å². The number of carbonyl (C=O) groups excluding carboxylic acids is 1. The van der Waals surface area contributed by atoms with Crippen molar-refractivity contribution in [2.24, 2.45) is 0 Å². The minimum atomic E-state index is -0.379. The Morgan fingerprint density at radius 1 is 1.29 bits per heavy atom. The van der Waals surface area contributed by atoms with Gasteiger partial charge in [0.15, 0.2) is 11.5 Å². The number of fused-ring (bicyclic) bond motifs is 1. The summed E-state index contributed by atoms with van der Waals surface area (Å²) in [7, 11) is 1.56. The molecule has 0 aliphatic carbocycles. The second kappa shape index (κ2) is 6.35. The summed E-state index contributed by atoms with van der Waals surface area (Å²) in [6.07, 6.45) is 0.179. The average molecular weight is 329 g/mol. The number of hydrogen-bond acceptors (Lipinski definition) is 5. The fourth-order valence-electron chi connectivity index (χ4n) is 2.94. The summed E-state index contributed by atoms with van der Waals surface area (Å²) >= 11 is 0. The van der Waals surface area contributed by atoms with Gasteiger partial charge in [-0.2, -0.15) is 0 Å². The van der Waals surface area contributed by atoms with Gasteiger partial charge < -0.3 is 19.8 Å². The number of carbonyl (C=O) groups is 1. The number of aryl methyl sites for hydroxylation is 1. The molecule has 0 saturated heterocycles. The maximum atomic E-state index is 12.4. The van der Waals surface area contributed by atoms with Crippen molar-refractivity contribution in [1.82, 2.24) is 9.97 Å². The Morgan fingerprint density at radius 2 is 2.08 bits per heavy atom. The molecule has 2 N–H and O–H groups in total. The predicted molar refractivity (Wildman–Crippen MR) is 88.8 cm³/mol. The van der Waals surface area contributed by atoms with Gasteiger partial charge in [-0.25, -0.2) is 4.98 Å². The van der Waals surface area contributed by atoms with Gasteiger partial charge in [-0.15, -0.1) is 0 Å². The third-order valence-electron chi connectivity index (χ3n) is 3.96. The van der Waals surface area contributed by atoms with E-state index in [0.717, 1.165) is 5.56 Å². The van der Waals surface area contributed by atoms with E-state index in [4.69, 9.17) is 9.47 Å². The molecule has 126 valence electrons. The van der Waals surface area contributed by atoms with E-state index in [1.165, 1.54) is 0 Å². The summed E-state index contributed by atoms with van der Waals surface area (Å²) < 4.78 is 10.9. The van der Waals surface area contributed by atoms with Crippen LogP contribution < -0.4 is 20.3 Å². The number of H-pyrrole nitrogens is 1. The van der Waals surface area contributed by atoms with Gasteiger partial charge in [0.05, 0.1) is 19.3 Å². The molecule has 1 atom stereocenters. The van der Waals surface area contributed by atoms with Gasteiger partial charge in [0, 0.05) is 12.3 Å². The highest BCUT2D eigenvalue weighted by Gasteiger charge is 2.31. The lowest BCUT2D eigenvalue weighted by Crippen LogP contribution is -2.31. The molecule has 1 unspecified atom stereocenters. The molecule has 7 heteroatoms. The number of nitrogens with one attached hydrogen (secondary N) is 2. The molecule has 1 aliphatic rings. The van der Waals surface area contributed by atoms with Gasteiger partial charge in [-0.3, -0.25) is 9.59 Å². The molecule has 24 heavy (non-hydrogen) atoms. The highest BCUT2D eigenvalue weighted by atomic mass is 16.5. The third-order valence-corrected chi connectivity index (χ3v) is 3.96. The quantitative estimate of drug-likeness (QED) is 0.894. The summed E-state index contributed by atoms with van der Waals surface area (Å²) in [4.78, 5) is 31.4. The standard InChI is InChI=1S/C17H19N3O4/c1-4-24-12-6-5-10(7-13(12)23-3)11-8-14(21)20-16-15(11)17(22)19-9(2)18-16/h5-7,11H,4,8H2,1-3H3,(H2,18,19,20,21,22). The zero-order chi connectivity index (χ0) is 17.3. The number of nitrogens with zero attached hydrogens (tertiary/aromatic N) is 1. The van der Waals surface area contributed by atoms with Crippen molar-refractivity contribution >= 4 is 11.7 Å². The lowest BCUT2D eigenvalue weighted by Gasteiger charge is -2.25. The fourth-order valence-corrected chi connectivity index (χ4v) is 2.94. The van der Waals surface area contributed by atoms with Gasteiger partial charge >= 0.3 is 0 Å². The summed E-state index contributed by atoms with van der Waals surface area (Å²) in [5.74, 6) is 1.43. The van der Waals surface area contributed by atoms with Gasteiger partial charge in [0.25, 0.3) is 5.56 Å². The predicted octanol–water partition coefficient (Wildman–Crippen LogP) is 1.96. The summed E-state index contributed by atoms with van der Waals surface area (Å²) in [6.45, 7) is 4.09. The lowest BCUT2D eigenvalue weighted by atomic mass is 9.86. The number of hydrogen-bond donors (Lipinski definition) is 2. The number of anilines is 1. The third kappa shape index (κ3) is 2.84. The van der Waals surface area contributed by atoms with Crippen LogP contribution in [0.4, 0.5) is 5.82 Å². The van der Waals surface area contributed by atoms with Gasteiger partial charge in [0.1, 0.15) is 11.6 Å². The van der Waals surface area contributed by atoms with E-state index >= 15 is 0 Å². The first-order valence-corrected chi connectivity index (χ1v) is 7.74. The largest absolute Gasteiger partial charge is 0.493 e. The van der Waals surface area contributed by atoms with Crippen LogP contribution in [0.2, 0.25) is 0 Å². The van der Waals surface area contributed by atoms with Crippen LogP contribution in [0.3, 0.4) is 0 Å².